The van der Waals surface area contributed by atoms with E-state index in [4.69, 9.17) is 14.6 Å². The van der Waals surface area contributed by atoms with Crippen molar-refractivity contribution in [2.24, 2.45) is 0 Å². The van der Waals surface area contributed by atoms with Gasteiger partial charge >= 0.3 is 5.97 Å². The first kappa shape index (κ1) is 14.9. The first-order valence-corrected chi connectivity index (χ1v) is 6.63. The Morgan fingerprint density at radius 1 is 1.38 bits per heavy atom. The van der Waals surface area contributed by atoms with Gasteiger partial charge in [0.15, 0.2) is 11.5 Å². The van der Waals surface area contributed by atoms with E-state index in [1.807, 2.05) is 26.0 Å². The molecule has 6 heteroatoms. The van der Waals surface area contributed by atoms with Crippen LogP contribution in [0.4, 0.5) is 0 Å². The molecule has 6 nitrogen and oxygen atoms in total. The van der Waals surface area contributed by atoms with Gasteiger partial charge in [-0.2, -0.15) is 0 Å². The van der Waals surface area contributed by atoms with Crippen LogP contribution in [0.15, 0.2) is 18.2 Å². The second kappa shape index (κ2) is 6.30. The van der Waals surface area contributed by atoms with Crippen molar-refractivity contribution in [3.8, 4) is 22.9 Å². The van der Waals surface area contributed by atoms with Crippen LogP contribution in [0.25, 0.3) is 11.4 Å². The van der Waals surface area contributed by atoms with Gasteiger partial charge in [-0.1, -0.05) is 0 Å². The molecular weight excluding hydrogens is 272 g/mol. The zero-order chi connectivity index (χ0) is 15.4. The number of imidazole rings is 1. The molecule has 0 aliphatic heterocycles. The first-order valence-electron chi connectivity index (χ1n) is 6.63. The predicted molar refractivity (Wildman–Crippen MR) is 77.8 cm³/mol. The topological polar surface area (TPSA) is 84.4 Å². The summed E-state index contributed by atoms with van der Waals surface area (Å²) in [6.45, 7) is 4.23. The molecule has 0 fully saturated rings. The number of hydrogen-bond donors (Lipinski definition) is 2. The minimum absolute atomic E-state index is 0.100. The molecule has 1 aromatic carbocycles. The van der Waals surface area contributed by atoms with Crippen LogP contribution in [0, 0.1) is 6.92 Å². The van der Waals surface area contributed by atoms with E-state index in [1.165, 1.54) is 0 Å². The highest BCUT2D eigenvalue weighted by atomic mass is 16.5. The summed E-state index contributed by atoms with van der Waals surface area (Å²) in [5, 5.41) is 8.86. The number of ether oxygens (including phenoxy) is 2. The molecule has 2 aromatic rings. The predicted octanol–water partition coefficient (Wildman–Crippen LogP) is 2.42. The number of methoxy groups -OCH3 is 1. The van der Waals surface area contributed by atoms with Crippen LogP contribution in [-0.2, 0) is 11.2 Å². The molecule has 0 saturated heterocycles. The molecule has 0 bridgehead atoms. The van der Waals surface area contributed by atoms with Crippen molar-refractivity contribution >= 4 is 5.97 Å². The van der Waals surface area contributed by atoms with Crippen molar-refractivity contribution in [1.29, 1.82) is 0 Å². The van der Waals surface area contributed by atoms with Gasteiger partial charge in [0.05, 0.1) is 25.8 Å². The van der Waals surface area contributed by atoms with Crippen LogP contribution in [0.2, 0.25) is 0 Å². The molecule has 0 amide bonds. The number of benzene rings is 1. The molecule has 0 unspecified atom stereocenters. The third-order valence-corrected chi connectivity index (χ3v) is 3.04. The fraction of sp³-hybridized carbons (Fsp3) is 0.333. The number of aliphatic carboxylic acids is 1. The van der Waals surface area contributed by atoms with E-state index in [2.05, 4.69) is 9.97 Å². The minimum atomic E-state index is -0.902. The molecular formula is C15H18N2O4. The molecule has 0 radical (unpaired) electrons. The standard InChI is InChI=1S/C15H18N2O4/c1-4-21-13-7-10(5-6-12(13)20-3)15-16-9(2)11(17-15)8-14(18)19/h5-7H,4,8H2,1-3H3,(H,16,17)(H,18,19). The maximum Gasteiger partial charge on any atom is 0.309 e. The lowest BCUT2D eigenvalue weighted by Gasteiger charge is -2.10. The number of carbonyl (C=O) groups is 1. The second-order valence-corrected chi connectivity index (χ2v) is 4.53. The summed E-state index contributed by atoms with van der Waals surface area (Å²) in [7, 11) is 1.58. The molecule has 0 aliphatic carbocycles. The van der Waals surface area contributed by atoms with E-state index in [-0.39, 0.29) is 6.42 Å². The largest absolute Gasteiger partial charge is 0.493 e. The highest BCUT2D eigenvalue weighted by Crippen LogP contribution is 2.31. The monoisotopic (exact) mass is 290 g/mol. The van der Waals surface area contributed by atoms with E-state index in [0.29, 0.717) is 29.6 Å². The molecule has 2 rings (SSSR count). The van der Waals surface area contributed by atoms with Crippen molar-refractivity contribution in [3.05, 3.63) is 29.6 Å². The van der Waals surface area contributed by atoms with Crippen LogP contribution in [0.1, 0.15) is 18.3 Å². The summed E-state index contributed by atoms with van der Waals surface area (Å²) >= 11 is 0. The molecule has 0 atom stereocenters. The number of aryl methyl sites for hydroxylation is 1. The number of nitrogens with zero attached hydrogens (tertiary/aromatic N) is 1. The Kier molecular flexibility index (Phi) is 4.47. The zero-order valence-electron chi connectivity index (χ0n) is 12.3. The van der Waals surface area contributed by atoms with E-state index < -0.39 is 5.97 Å². The number of carboxylic acid groups (broad SMARTS) is 1. The Balaban J connectivity index is 2.37. The third kappa shape index (κ3) is 3.34. The van der Waals surface area contributed by atoms with Gasteiger partial charge in [0.1, 0.15) is 5.82 Å². The number of H-pyrrole nitrogens is 1. The number of nitrogens with one attached hydrogen (secondary N) is 1. The molecule has 112 valence electrons. The molecule has 0 saturated carbocycles. The van der Waals surface area contributed by atoms with Gasteiger partial charge in [0.25, 0.3) is 0 Å². The van der Waals surface area contributed by atoms with E-state index in [0.717, 1.165) is 11.3 Å². The Bertz CT molecular complexity index is 649. The summed E-state index contributed by atoms with van der Waals surface area (Å²) in [5.74, 6) is 0.995. The summed E-state index contributed by atoms with van der Waals surface area (Å²) in [5.41, 5.74) is 2.10. The second-order valence-electron chi connectivity index (χ2n) is 4.53. The first-order chi connectivity index (χ1) is 10.0. The summed E-state index contributed by atoms with van der Waals surface area (Å²) in [4.78, 5) is 18.2. The maximum absolute atomic E-state index is 10.8. The highest BCUT2D eigenvalue weighted by Gasteiger charge is 2.13. The van der Waals surface area contributed by atoms with Crippen LogP contribution in [0.5, 0.6) is 11.5 Å². The number of hydrogen-bond acceptors (Lipinski definition) is 4. The van der Waals surface area contributed by atoms with Crippen LogP contribution >= 0.6 is 0 Å². The molecule has 0 aliphatic rings. The van der Waals surface area contributed by atoms with Gasteiger partial charge in [0.2, 0.25) is 0 Å². The average Bonchev–Trinajstić information content (AvgIpc) is 2.80. The van der Waals surface area contributed by atoms with Crippen molar-refractivity contribution in [2.75, 3.05) is 13.7 Å². The Morgan fingerprint density at radius 2 is 2.14 bits per heavy atom. The lowest BCUT2D eigenvalue weighted by Crippen LogP contribution is -2.01. The molecule has 0 spiro atoms. The zero-order valence-corrected chi connectivity index (χ0v) is 12.3. The van der Waals surface area contributed by atoms with Crippen LogP contribution in [-0.4, -0.2) is 34.8 Å². The number of carboxylic acids is 1. The van der Waals surface area contributed by atoms with Gasteiger partial charge in [-0.3, -0.25) is 4.79 Å². The number of aromatic nitrogens is 2. The van der Waals surface area contributed by atoms with E-state index in [9.17, 15) is 4.79 Å². The third-order valence-electron chi connectivity index (χ3n) is 3.04. The quantitative estimate of drug-likeness (QED) is 0.853. The van der Waals surface area contributed by atoms with Gasteiger partial charge < -0.3 is 19.6 Å². The van der Waals surface area contributed by atoms with E-state index >= 15 is 0 Å². The van der Waals surface area contributed by atoms with Crippen molar-refractivity contribution in [3.63, 3.8) is 0 Å². The molecule has 2 N–H and O–H groups in total. The van der Waals surface area contributed by atoms with Gasteiger partial charge in [-0.25, -0.2) is 4.98 Å². The maximum atomic E-state index is 10.8. The van der Waals surface area contributed by atoms with E-state index in [1.54, 1.807) is 13.2 Å². The Morgan fingerprint density at radius 3 is 2.76 bits per heavy atom. The smallest absolute Gasteiger partial charge is 0.309 e. The molecule has 21 heavy (non-hydrogen) atoms. The Labute approximate surface area is 122 Å². The van der Waals surface area contributed by atoms with Crippen molar-refractivity contribution in [2.45, 2.75) is 20.3 Å². The molecule has 1 heterocycles. The van der Waals surface area contributed by atoms with Crippen LogP contribution < -0.4 is 9.47 Å². The summed E-state index contributed by atoms with van der Waals surface area (Å²) in [6, 6.07) is 5.48. The SMILES string of the molecule is CCOc1cc(-c2nc(CC(=O)O)c(C)[nH]2)ccc1OC. The normalized spacial score (nSPS) is 10.4. The fourth-order valence-electron chi connectivity index (χ4n) is 2.04. The fourth-order valence-corrected chi connectivity index (χ4v) is 2.04. The van der Waals surface area contributed by atoms with Crippen molar-refractivity contribution < 1.29 is 19.4 Å². The van der Waals surface area contributed by atoms with Gasteiger partial charge in [-0.15, -0.1) is 0 Å². The lowest BCUT2D eigenvalue weighted by molar-refractivity contribution is -0.136. The van der Waals surface area contributed by atoms with Gasteiger partial charge in [-0.05, 0) is 32.0 Å². The summed E-state index contributed by atoms with van der Waals surface area (Å²) < 4.78 is 10.8. The minimum Gasteiger partial charge on any atom is -0.493 e. The highest BCUT2D eigenvalue weighted by molar-refractivity contribution is 5.70. The average molecular weight is 290 g/mol. The Hall–Kier alpha value is -2.50. The number of rotatable bonds is 6. The van der Waals surface area contributed by atoms with Crippen molar-refractivity contribution in [1.82, 2.24) is 9.97 Å². The molecule has 1 aromatic heterocycles. The lowest BCUT2D eigenvalue weighted by atomic mass is 10.2. The number of aromatic amines is 1. The van der Waals surface area contributed by atoms with Crippen LogP contribution in [0.3, 0.4) is 0 Å². The summed E-state index contributed by atoms with van der Waals surface area (Å²) in [6.07, 6.45) is -0.100. The van der Waals surface area contributed by atoms with Gasteiger partial charge in [0, 0.05) is 11.3 Å².